The molecule has 1 aliphatic heterocycles. The second-order valence-corrected chi connectivity index (χ2v) is 4.42. The number of anilines is 1. The van der Waals surface area contributed by atoms with Gasteiger partial charge in [0.1, 0.15) is 0 Å². The first-order chi connectivity index (χ1) is 8.24. The summed E-state index contributed by atoms with van der Waals surface area (Å²) in [4.78, 5) is 16.2. The first kappa shape index (κ1) is 12.1. The van der Waals surface area contributed by atoms with Gasteiger partial charge in [0.2, 0.25) is 5.91 Å². The third-order valence-electron chi connectivity index (χ3n) is 2.97. The second-order valence-electron chi connectivity index (χ2n) is 4.42. The summed E-state index contributed by atoms with van der Waals surface area (Å²) in [6, 6.07) is 10.2. The Morgan fingerprint density at radius 3 is 2.59 bits per heavy atom. The molecule has 17 heavy (non-hydrogen) atoms. The molecular weight excluding hydrogens is 214 g/mol. The minimum atomic E-state index is 0.0563. The van der Waals surface area contributed by atoms with E-state index in [0.29, 0.717) is 6.54 Å². The Kier molecular flexibility index (Phi) is 4.12. The number of amides is 1. The molecule has 2 rings (SSSR count). The Morgan fingerprint density at radius 1 is 1.29 bits per heavy atom. The molecule has 91 valence electrons. The van der Waals surface area contributed by atoms with Crippen LogP contribution >= 0.6 is 0 Å². The fourth-order valence-electron chi connectivity index (χ4n) is 1.88. The number of benzene rings is 1. The van der Waals surface area contributed by atoms with Crippen molar-refractivity contribution in [3.05, 3.63) is 30.3 Å². The lowest BCUT2D eigenvalue weighted by Crippen LogP contribution is -2.47. The van der Waals surface area contributed by atoms with Gasteiger partial charge in [-0.05, 0) is 25.2 Å². The molecule has 0 unspecified atom stereocenters. The summed E-state index contributed by atoms with van der Waals surface area (Å²) in [5.41, 5.74) is 0.836. The zero-order valence-electron chi connectivity index (χ0n) is 10.1. The molecule has 0 spiro atoms. The summed E-state index contributed by atoms with van der Waals surface area (Å²) in [5.74, 6) is 0.0563. The van der Waals surface area contributed by atoms with Crippen LogP contribution in [0.25, 0.3) is 0 Å². The van der Waals surface area contributed by atoms with Crippen LogP contribution in [-0.2, 0) is 4.79 Å². The minimum Gasteiger partial charge on any atom is -0.325 e. The van der Waals surface area contributed by atoms with Crippen LogP contribution < -0.4 is 5.32 Å². The number of carbonyl (C=O) groups is 1. The van der Waals surface area contributed by atoms with Gasteiger partial charge in [0.25, 0.3) is 0 Å². The quantitative estimate of drug-likeness (QED) is 0.832. The van der Waals surface area contributed by atoms with E-state index in [9.17, 15) is 4.79 Å². The predicted octanol–water partition coefficient (Wildman–Crippen LogP) is 0.673. The van der Waals surface area contributed by atoms with Gasteiger partial charge in [0.05, 0.1) is 6.54 Å². The predicted molar refractivity (Wildman–Crippen MR) is 67.8 cm³/mol. The first-order valence-electron chi connectivity index (χ1n) is 5.91. The van der Waals surface area contributed by atoms with Crippen LogP contribution in [-0.4, -0.2) is 55.5 Å². The Balaban J connectivity index is 1.78. The van der Waals surface area contributed by atoms with E-state index < -0.39 is 0 Å². The molecule has 4 nitrogen and oxygen atoms in total. The van der Waals surface area contributed by atoms with Crippen molar-refractivity contribution in [1.29, 1.82) is 0 Å². The van der Waals surface area contributed by atoms with Crippen molar-refractivity contribution in [3.8, 4) is 0 Å². The molecule has 0 saturated carbocycles. The van der Waals surface area contributed by atoms with Crippen molar-refractivity contribution in [1.82, 2.24) is 9.80 Å². The van der Waals surface area contributed by atoms with Crippen molar-refractivity contribution in [2.45, 2.75) is 0 Å². The molecule has 1 N–H and O–H groups in total. The molecule has 1 saturated heterocycles. The van der Waals surface area contributed by atoms with Gasteiger partial charge in [-0.25, -0.2) is 0 Å². The van der Waals surface area contributed by atoms with Gasteiger partial charge in [0.15, 0.2) is 0 Å². The molecule has 1 aromatic carbocycles. The van der Waals surface area contributed by atoms with Crippen LogP contribution in [0.5, 0.6) is 0 Å². The molecular formula is C13H18N3O. The minimum absolute atomic E-state index is 0.0563. The largest absolute Gasteiger partial charge is 0.325 e. The first-order valence-corrected chi connectivity index (χ1v) is 5.91. The topological polar surface area (TPSA) is 35.6 Å². The normalized spacial score (nSPS) is 17.9. The van der Waals surface area contributed by atoms with Gasteiger partial charge in [-0.2, -0.15) is 0 Å². The number of piperazine rings is 1. The van der Waals surface area contributed by atoms with E-state index in [4.69, 9.17) is 0 Å². The molecule has 0 aliphatic carbocycles. The molecule has 4 heteroatoms. The Labute approximate surface area is 102 Å². The summed E-state index contributed by atoms with van der Waals surface area (Å²) in [5, 5.41) is 2.89. The van der Waals surface area contributed by atoms with E-state index in [2.05, 4.69) is 28.2 Å². The fourth-order valence-corrected chi connectivity index (χ4v) is 1.88. The third kappa shape index (κ3) is 3.84. The number of nitrogens with zero attached hydrogens (tertiary/aromatic N) is 2. The number of nitrogens with one attached hydrogen (secondary N) is 1. The zero-order chi connectivity index (χ0) is 12.1. The van der Waals surface area contributed by atoms with Gasteiger partial charge in [-0.3, -0.25) is 9.69 Å². The van der Waals surface area contributed by atoms with Crippen molar-refractivity contribution >= 4 is 11.6 Å². The lowest BCUT2D eigenvalue weighted by atomic mass is 10.3. The molecule has 1 aromatic rings. The molecule has 1 heterocycles. The number of carbonyl (C=O) groups excluding carboxylic acids is 1. The molecule has 0 aromatic heterocycles. The van der Waals surface area contributed by atoms with Crippen LogP contribution in [0.15, 0.2) is 24.3 Å². The van der Waals surface area contributed by atoms with Gasteiger partial charge in [-0.15, -0.1) is 0 Å². The Morgan fingerprint density at radius 2 is 1.94 bits per heavy atom. The van der Waals surface area contributed by atoms with Crippen molar-refractivity contribution in [2.75, 3.05) is 45.1 Å². The highest BCUT2D eigenvalue weighted by Gasteiger charge is 2.16. The van der Waals surface area contributed by atoms with Gasteiger partial charge in [-0.1, -0.05) is 12.1 Å². The lowest BCUT2D eigenvalue weighted by Gasteiger charge is -2.31. The monoisotopic (exact) mass is 232 g/mol. The third-order valence-corrected chi connectivity index (χ3v) is 2.97. The van der Waals surface area contributed by atoms with E-state index >= 15 is 0 Å². The van der Waals surface area contributed by atoms with Crippen LogP contribution in [0, 0.1) is 6.07 Å². The highest BCUT2D eigenvalue weighted by Crippen LogP contribution is 2.05. The summed E-state index contributed by atoms with van der Waals surface area (Å²) in [6.45, 7) is 4.48. The molecule has 1 fully saturated rings. The number of rotatable bonds is 3. The van der Waals surface area contributed by atoms with Crippen LogP contribution in [0.1, 0.15) is 0 Å². The SMILES string of the molecule is CN1CCN(CC(=O)Nc2cc[c]cc2)CC1. The van der Waals surface area contributed by atoms with Crippen LogP contribution in [0.2, 0.25) is 0 Å². The second kappa shape index (κ2) is 5.80. The number of hydrogen-bond donors (Lipinski definition) is 1. The highest BCUT2D eigenvalue weighted by atomic mass is 16.2. The van der Waals surface area contributed by atoms with Gasteiger partial charge >= 0.3 is 0 Å². The zero-order valence-corrected chi connectivity index (χ0v) is 10.1. The van der Waals surface area contributed by atoms with E-state index in [1.807, 2.05) is 12.1 Å². The van der Waals surface area contributed by atoms with Crippen LogP contribution in [0.4, 0.5) is 5.69 Å². The highest BCUT2D eigenvalue weighted by molar-refractivity contribution is 5.92. The molecule has 1 amide bonds. The average molecular weight is 232 g/mol. The molecule has 1 radical (unpaired) electrons. The van der Waals surface area contributed by atoms with Crippen molar-refractivity contribution in [2.24, 2.45) is 0 Å². The maximum atomic E-state index is 11.8. The van der Waals surface area contributed by atoms with Gasteiger partial charge < -0.3 is 10.2 Å². The maximum absolute atomic E-state index is 11.8. The fraction of sp³-hybridized carbons (Fsp3) is 0.462. The smallest absolute Gasteiger partial charge is 0.238 e. The Hall–Kier alpha value is -1.39. The van der Waals surface area contributed by atoms with Crippen molar-refractivity contribution in [3.63, 3.8) is 0 Å². The van der Waals surface area contributed by atoms with E-state index in [0.717, 1.165) is 31.9 Å². The van der Waals surface area contributed by atoms with E-state index in [1.54, 1.807) is 12.1 Å². The average Bonchev–Trinajstić information content (AvgIpc) is 2.33. The van der Waals surface area contributed by atoms with E-state index in [-0.39, 0.29) is 5.91 Å². The Bertz CT molecular complexity index is 358. The molecule has 0 atom stereocenters. The number of likely N-dealkylation sites (N-methyl/N-ethyl adjacent to an activating group) is 1. The van der Waals surface area contributed by atoms with Gasteiger partial charge in [0, 0.05) is 31.9 Å². The summed E-state index contributed by atoms with van der Waals surface area (Å²) in [7, 11) is 2.11. The maximum Gasteiger partial charge on any atom is 0.238 e. The number of hydrogen-bond acceptors (Lipinski definition) is 3. The summed E-state index contributed by atoms with van der Waals surface area (Å²) < 4.78 is 0. The van der Waals surface area contributed by atoms with Crippen molar-refractivity contribution < 1.29 is 4.79 Å². The van der Waals surface area contributed by atoms with Crippen LogP contribution in [0.3, 0.4) is 0 Å². The standard InChI is InChI=1S/C13H18N3O/c1-15-7-9-16(10-8-15)11-13(17)14-12-5-3-2-4-6-12/h3-6H,7-11H2,1H3,(H,14,17). The molecule has 0 bridgehead atoms. The molecule has 1 aliphatic rings. The summed E-state index contributed by atoms with van der Waals surface area (Å²) in [6.07, 6.45) is 0. The lowest BCUT2D eigenvalue weighted by molar-refractivity contribution is -0.117. The van der Waals surface area contributed by atoms with E-state index in [1.165, 1.54) is 0 Å². The summed E-state index contributed by atoms with van der Waals surface area (Å²) >= 11 is 0.